The van der Waals surface area contributed by atoms with E-state index < -0.39 is 29.8 Å². The van der Waals surface area contributed by atoms with E-state index in [0.29, 0.717) is 11.3 Å². The monoisotopic (exact) mass is 609 g/mol. The lowest BCUT2D eigenvalue weighted by atomic mass is 9.74. The lowest BCUT2D eigenvalue weighted by Gasteiger charge is -2.47. The molecular formula is C27H32INO7. The maximum atomic E-state index is 13.2. The molecule has 194 valence electrons. The summed E-state index contributed by atoms with van der Waals surface area (Å²) in [6.45, 7) is 12.9. The van der Waals surface area contributed by atoms with Crippen LogP contribution in [0.1, 0.15) is 32.8 Å². The normalized spacial score (nSPS) is 21.4. The molecule has 0 radical (unpaired) electrons. The van der Waals surface area contributed by atoms with E-state index in [0.717, 1.165) is 16.4 Å². The van der Waals surface area contributed by atoms with Crippen molar-refractivity contribution in [2.75, 3.05) is 19.8 Å². The summed E-state index contributed by atoms with van der Waals surface area (Å²) in [4.78, 5) is 49.7. The number of carbonyl (C=O) groups is 3. The molecule has 2 heterocycles. The molecule has 0 spiro atoms. The highest BCUT2D eigenvalue weighted by Crippen LogP contribution is 2.49. The first-order valence-corrected chi connectivity index (χ1v) is 13.0. The summed E-state index contributed by atoms with van der Waals surface area (Å²) in [5.41, 5.74) is 2.06. The van der Waals surface area contributed by atoms with Gasteiger partial charge in [-0.05, 0) is 46.7 Å². The van der Waals surface area contributed by atoms with Crippen LogP contribution >= 0.6 is 22.6 Å². The standard InChI is InChI=1S/C27H32INO7/c1-6-9-18-10-11-21(20(28)14-18)34-15-19-16(4)23-22(17(5)26(31)36-35-13-8-3)25(30)29(23)24(19)27(32)33-12-7-2/h7-8,10-11,14,16-17,22-23H,2-3,6,9,12-13,15H2,1,4-5H3/t16-,17?,22?,23?/m0/s1. The van der Waals surface area contributed by atoms with E-state index in [1.807, 2.05) is 19.1 Å². The minimum Gasteiger partial charge on any atom is -0.488 e. The van der Waals surface area contributed by atoms with Crippen LogP contribution in [0.15, 0.2) is 54.8 Å². The van der Waals surface area contributed by atoms with Crippen LogP contribution in [-0.2, 0) is 35.3 Å². The first-order chi connectivity index (χ1) is 17.3. The Kier molecular flexibility index (Phi) is 9.72. The van der Waals surface area contributed by atoms with Gasteiger partial charge < -0.3 is 14.4 Å². The number of esters is 1. The molecule has 8 nitrogen and oxygen atoms in total. The molecule has 1 fully saturated rings. The number of carbonyl (C=O) groups excluding carboxylic acids is 3. The minimum absolute atomic E-state index is 0.0150. The van der Waals surface area contributed by atoms with Gasteiger partial charge >= 0.3 is 11.9 Å². The van der Waals surface area contributed by atoms with Gasteiger partial charge in [0.05, 0.1) is 21.4 Å². The summed E-state index contributed by atoms with van der Waals surface area (Å²) >= 11 is 2.23. The number of fused-ring (bicyclic) bond motifs is 1. The summed E-state index contributed by atoms with van der Waals surface area (Å²) in [5, 5.41) is 0. The molecule has 3 rings (SSSR count). The third kappa shape index (κ3) is 5.67. The van der Waals surface area contributed by atoms with Gasteiger partial charge in [-0.2, -0.15) is 4.89 Å². The van der Waals surface area contributed by atoms with E-state index in [1.165, 1.54) is 22.6 Å². The minimum atomic E-state index is -0.760. The molecular weight excluding hydrogens is 577 g/mol. The zero-order valence-electron chi connectivity index (χ0n) is 20.8. The summed E-state index contributed by atoms with van der Waals surface area (Å²) in [6.07, 6.45) is 4.95. The third-order valence-corrected chi connectivity index (χ3v) is 7.32. The Bertz CT molecular complexity index is 1070. The van der Waals surface area contributed by atoms with Crippen molar-refractivity contribution in [2.24, 2.45) is 17.8 Å². The number of ether oxygens (including phenoxy) is 2. The molecule has 1 aromatic rings. The van der Waals surface area contributed by atoms with Crippen molar-refractivity contribution in [2.45, 2.75) is 39.7 Å². The fourth-order valence-corrected chi connectivity index (χ4v) is 5.40. The zero-order chi connectivity index (χ0) is 26.4. The van der Waals surface area contributed by atoms with Crippen LogP contribution < -0.4 is 4.74 Å². The Balaban J connectivity index is 1.83. The summed E-state index contributed by atoms with van der Waals surface area (Å²) in [7, 11) is 0. The number of nitrogens with zero attached hydrogens (tertiary/aromatic N) is 1. The van der Waals surface area contributed by atoms with Crippen LogP contribution in [0.2, 0.25) is 0 Å². The number of hydrogen-bond acceptors (Lipinski definition) is 7. The van der Waals surface area contributed by atoms with Gasteiger partial charge in [0.1, 0.15) is 31.3 Å². The second kappa shape index (κ2) is 12.5. The Labute approximate surface area is 225 Å². The second-order valence-electron chi connectivity index (χ2n) is 8.84. The first-order valence-electron chi connectivity index (χ1n) is 12.0. The number of halogens is 1. The van der Waals surface area contributed by atoms with Gasteiger partial charge in [-0.1, -0.05) is 52.0 Å². The van der Waals surface area contributed by atoms with Gasteiger partial charge in [-0.3, -0.25) is 9.68 Å². The van der Waals surface area contributed by atoms with Crippen molar-refractivity contribution in [3.05, 3.63) is 63.9 Å². The molecule has 0 N–H and O–H groups in total. The summed E-state index contributed by atoms with van der Waals surface area (Å²) in [6, 6.07) is 5.64. The van der Waals surface area contributed by atoms with Crippen molar-refractivity contribution < 1.29 is 33.6 Å². The summed E-state index contributed by atoms with van der Waals surface area (Å²) in [5.74, 6) is -2.56. The highest BCUT2D eigenvalue weighted by Gasteiger charge is 2.61. The van der Waals surface area contributed by atoms with E-state index in [9.17, 15) is 14.4 Å². The Morgan fingerprint density at radius 2 is 1.94 bits per heavy atom. The maximum absolute atomic E-state index is 13.2. The molecule has 2 aliphatic heterocycles. The highest BCUT2D eigenvalue weighted by molar-refractivity contribution is 14.1. The molecule has 1 aromatic carbocycles. The fraction of sp³-hybridized carbons (Fsp3) is 0.444. The average Bonchev–Trinajstić information content (AvgIpc) is 3.10. The van der Waals surface area contributed by atoms with Crippen LogP contribution in [0.3, 0.4) is 0 Å². The molecule has 1 amide bonds. The largest absolute Gasteiger partial charge is 0.488 e. The lowest BCUT2D eigenvalue weighted by Crippen LogP contribution is -2.63. The van der Waals surface area contributed by atoms with Crippen LogP contribution in [0, 0.1) is 21.3 Å². The van der Waals surface area contributed by atoms with Gasteiger partial charge in [0.25, 0.3) is 0 Å². The molecule has 0 saturated carbocycles. The smallest absolute Gasteiger partial charge is 0.355 e. The molecule has 3 unspecified atom stereocenters. The molecule has 9 heteroatoms. The molecule has 1 saturated heterocycles. The molecule has 4 atom stereocenters. The fourth-order valence-electron chi connectivity index (χ4n) is 4.67. The third-order valence-electron chi connectivity index (χ3n) is 6.48. The number of β-lactam (4-membered cyclic amide) rings is 1. The summed E-state index contributed by atoms with van der Waals surface area (Å²) < 4.78 is 12.4. The average molecular weight is 609 g/mol. The van der Waals surface area contributed by atoms with E-state index >= 15 is 0 Å². The number of amides is 1. The lowest BCUT2D eigenvalue weighted by molar-refractivity contribution is -0.271. The van der Waals surface area contributed by atoms with E-state index in [1.54, 1.807) is 6.92 Å². The van der Waals surface area contributed by atoms with Crippen LogP contribution in [0.25, 0.3) is 0 Å². The van der Waals surface area contributed by atoms with Crippen molar-refractivity contribution in [1.29, 1.82) is 0 Å². The van der Waals surface area contributed by atoms with Crippen LogP contribution in [0.4, 0.5) is 0 Å². The second-order valence-corrected chi connectivity index (χ2v) is 10.0. The predicted molar refractivity (Wildman–Crippen MR) is 142 cm³/mol. The quantitative estimate of drug-likeness (QED) is 0.0624. The van der Waals surface area contributed by atoms with Crippen LogP contribution in [-0.4, -0.2) is 48.6 Å². The maximum Gasteiger partial charge on any atom is 0.355 e. The van der Waals surface area contributed by atoms with Gasteiger partial charge in [0.15, 0.2) is 0 Å². The van der Waals surface area contributed by atoms with E-state index in [4.69, 9.17) is 19.2 Å². The van der Waals surface area contributed by atoms with Crippen molar-refractivity contribution in [3.63, 3.8) is 0 Å². The van der Waals surface area contributed by atoms with Crippen molar-refractivity contribution in [1.82, 2.24) is 4.90 Å². The topological polar surface area (TPSA) is 91.4 Å². The van der Waals surface area contributed by atoms with Crippen molar-refractivity contribution in [3.8, 4) is 5.75 Å². The van der Waals surface area contributed by atoms with Crippen LogP contribution in [0.5, 0.6) is 5.75 Å². The molecule has 0 aliphatic carbocycles. The number of rotatable bonds is 13. The van der Waals surface area contributed by atoms with Gasteiger partial charge in [-0.25, -0.2) is 9.59 Å². The Morgan fingerprint density at radius 3 is 2.58 bits per heavy atom. The van der Waals surface area contributed by atoms with E-state index in [-0.39, 0.29) is 37.3 Å². The SMILES string of the molecule is C=CCOOC(=O)C(C)C1C(=O)N2C(C(=O)OCC=C)=C(COc3ccc(CCC)cc3I)[C@H](C)C12. The van der Waals surface area contributed by atoms with Crippen molar-refractivity contribution >= 4 is 40.4 Å². The zero-order valence-corrected chi connectivity index (χ0v) is 23.0. The molecule has 0 bridgehead atoms. The highest BCUT2D eigenvalue weighted by atomic mass is 127. The van der Waals surface area contributed by atoms with Gasteiger partial charge in [-0.15, -0.1) is 6.58 Å². The number of aryl methyl sites for hydroxylation is 1. The number of hydrogen-bond donors (Lipinski definition) is 0. The van der Waals surface area contributed by atoms with Gasteiger partial charge in [0.2, 0.25) is 5.91 Å². The number of benzene rings is 1. The Hall–Kier alpha value is -2.66. The first kappa shape index (κ1) is 27.9. The molecule has 2 aliphatic rings. The van der Waals surface area contributed by atoms with E-state index in [2.05, 4.69) is 48.7 Å². The van der Waals surface area contributed by atoms with Gasteiger partial charge in [0, 0.05) is 11.5 Å². The predicted octanol–water partition coefficient (Wildman–Crippen LogP) is 4.38. The molecule has 36 heavy (non-hydrogen) atoms. The molecule has 0 aromatic heterocycles. The Morgan fingerprint density at radius 1 is 1.22 bits per heavy atom.